The van der Waals surface area contributed by atoms with Crippen molar-refractivity contribution in [3.63, 3.8) is 0 Å². The number of hydrogen-bond acceptors (Lipinski definition) is 1. The van der Waals surface area contributed by atoms with Gasteiger partial charge in [-0.2, -0.15) is 0 Å². The van der Waals surface area contributed by atoms with Crippen LogP contribution < -0.4 is 0 Å². The zero-order valence-corrected chi connectivity index (χ0v) is 18.9. The summed E-state index contributed by atoms with van der Waals surface area (Å²) in [5.74, 6) is 4.45. The molecule has 0 aromatic carbocycles. The van der Waals surface area contributed by atoms with Gasteiger partial charge in [0.25, 0.3) is 0 Å². The highest BCUT2D eigenvalue weighted by molar-refractivity contribution is 5.25. The quantitative estimate of drug-likeness (QED) is 0.493. The first-order valence-electron chi connectivity index (χ1n) is 12.4. The zero-order valence-electron chi connectivity index (χ0n) is 18.9. The van der Waals surface area contributed by atoms with E-state index in [4.69, 9.17) is 0 Å². The predicted molar refractivity (Wildman–Crippen MR) is 119 cm³/mol. The average molecular weight is 385 g/mol. The van der Waals surface area contributed by atoms with Crippen molar-refractivity contribution in [2.45, 2.75) is 104 Å². The maximum atomic E-state index is 10.2. The molecule has 0 aromatic rings. The molecule has 7 atom stereocenters. The Balaban J connectivity index is 1.44. The number of allylic oxidation sites excluding steroid dienone is 3. The zero-order chi connectivity index (χ0) is 19.9. The summed E-state index contributed by atoms with van der Waals surface area (Å²) >= 11 is 0. The van der Waals surface area contributed by atoms with Gasteiger partial charge in [-0.05, 0) is 111 Å². The Kier molecular flexibility index (Phi) is 5.87. The summed E-state index contributed by atoms with van der Waals surface area (Å²) in [5, 5.41) is 10.2. The summed E-state index contributed by atoms with van der Waals surface area (Å²) in [6.07, 6.45) is 21.6. The third-order valence-electron chi connectivity index (χ3n) is 9.73. The van der Waals surface area contributed by atoms with Gasteiger partial charge in [0.1, 0.15) is 0 Å². The highest BCUT2D eigenvalue weighted by atomic mass is 16.3. The highest BCUT2D eigenvalue weighted by Gasteiger charge is 2.58. The molecule has 158 valence electrons. The predicted octanol–water partition coefficient (Wildman–Crippen LogP) is 7.31. The van der Waals surface area contributed by atoms with Gasteiger partial charge in [-0.15, -0.1) is 0 Å². The van der Waals surface area contributed by atoms with Crippen LogP contribution in [0.1, 0.15) is 98.3 Å². The molecule has 1 nitrogen and oxygen atoms in total. The van der Waals surface area contributed by atoms with Gasteiger partial charge in [-0.3, -0.25) is 0 Å². The Morgan fingerprint density at radius 2 is 1.89 bits per heavy atom. The fourth-order valence-electron chi connectivity index (χ4n) is 8.01. The van der Waals surface area contributed by atoms with Crippen molar-refractivity contribution in [1.82, 2.24) is 0 Å². The lowest BCUT2D eigenvalue weighted by Gasteiger charge is -2.58. The molecule has 0 radical (unpaired) electrons. The lowest BCUT2D eigenvalue weighted by atomic mass is 9.47. The number of hydrogen-bond donors (Lipinski definition) is 1. The first-order valence-corrected chi connectivity index (χ1v) is 12.4. The molecule has 0 aliphatic heterocycles. The van der Waals surface area contributed by atoms with Crippen LogP contribution in [0.3, 0.4) is 0 Å². The standard InChI is InChI=1S/C27H44O/c1-19(2)8-6-5-7-9-20-11-13-24-23-12-10-21-18-22(28)14-16-27(21,4)25(23)15-17-26(20,24)3/h5-6,10,19-20,22-25,28H,7-9,11-18H2,1-4H3/b6-5+/t20-,22-,23-,24-,25-,26+,27-/m0/s1. The molecule has 0 heterocycles. The van der Waals surface area contributed by atoms with Gasteiger partial charge in [0.15, 0.2) is 0 Å². The molecule has 0 unspecified atom stereocenters. The fourth-order valence-corrected chi connectivity index (χ4v) is 8.01. The summed E-state index contributed by atoms with van der Waals surface area (Å²) in [6, 6.07) is 0. The summed E-state index contributed by atoms with van der Waals surface area (Å²) in [7, 11) is 0. The molecule has 0 amide bonds. The van der Waals surface area contributed by atoms with Crippen LogP contribution in [0, 0.1) is 40.4 Å². The van der Waals surface area contributed by atoms with Gasteiger partial charge >= 0.3 is 0 Å². The van der Waals surface area contributed by atoms with Crippen LogP contribution in [0.2, 0.25) is 0 Å². The van der Waals surface area contributed by atoms with E-state index in [0.29, 0.717) is 10.8 Å². The molecule has 4 aliphatic rings. The highest BCUT2D eigenvalue weighted by Crippen LogP contribution is 2.66. The van der Waals surface area contributed by atoms with Crippen molar-refractivity contribution in [2.24, 2.45) is 40.4 Å². The lowest BCUT2D eigenvalue weighted by Crippen LogP contribution is -2.50. The molecule has 1 N–H and O–H groups in total. The second kappa shape index (κ2) is 7.93. The topological polar surface area (TPSA) is 20.2 Å². The van der Waals surface area contributed by atoms with E-state index in [2.05, 4.69) is 45.9 Å². The molecule has 3 saturated carbocycles. The van der Waals surface area contributed by atoms with Crippen LogP contribution in [-0.2, 0) is 0 Å². The maximum absolute atomic E-state index is 10.2. The molecule has 0 aromatic heterocycles. The van der Waals surface area contributed by atoms with E-state index >= 15 is 0 Å². The minimum Gasteiger partial charge on any atom is -0.393 e. The van der Waals surface area contributed by atoms with E-state index < -0.39 is 0 Å². The normalized spacial score (nSPS) is 45.6. The largest absolute Gasteiger partial charge is 0.393 e. The van der Waals surface area contributed by atoms with Crippen molar-refractivity contribution in [3.05, 3.63) is 23.8 Å². The van der Waals surface area contributed by atoms with Crippen molar-refractivity contribution in [2.75, 3.05) is 0 Å². The van der Waals surface area contributed by atoms with Crippen LogP contribution in [0.15, 0.2) is 23.8 Å². The fraction of sp³-hybridized carbons (Fsp3) is 0.852. The van der Waals surface area contributed by atoms with E-state index in [0.717, 1.165) is 42.4 Å². The molecule has 0 saturated heterocycles. The molecule has 4 aliphatic carbocycles. The molecule has 3 fully saturated rings. The van der Waals surface area contributed by atoms with Gasteiger partial charge in [0, 0.05) is 0 Å². The number of aliphatic hydroxyl groups excluding tert-OH is 1. The summed E-state index contributed by atoms with van der Waals surface area (Å²) in [5.41, 5.74) is 2.59. The van der Waals surface area contributed by atoms with Crippen LogP contribution >= 0.6 is 0 Å². The molecule has 0 bridgehead atoms. The van der Waals surface area contributed by atoms with Gasteiger partial charge in [-0.1, -0.05) is 51.5 Å². The first kappa shape index (κ1) is 20.7. The van der Waals surface area contributed by atoms with Crippen molar-refractivity contribution >= 4 is 0 Å². The summed E-state index contributed by atoms with van der Waals surface area (Å²) in [6.45, 7) is 9.83. The SMILES string of the molecule is CC(C)C/C=C/CC[C@H]1CC[C@H]2[C@@H]3CC=C4C[C@@H](O)CC[C@]4(C)[C@H]3CC[C@]12C. The molecular formula is C27H44O. The number of aliphatic hydroxyl groups is 1. The van der Waals surface area contributed by atoms with Crippen LogP contribution in [-0.4, -0.2) is 11.2 Å². The molecule has 4 rings (SSSR count). The minimum atomic E-state index is -0.0793. The van der Waals surface area contributed by atoms with Crippen LogP contribution in [0.25, 0.3) is 0 Å². The molecule has 1 heteroatoms. The Labute approximate surface area is 174 Å². The Bertz CT molecular complexity index is 616. The second-order valence-electron chi connectivity index (χ2n) is 11.7. The van der Waals surface area contributed by atoms with Gasteiger partial charge in [0.2, 0.25) is 0 Å². The maximum Gasteiger partial charge on any atom is 0.0577 e. The van der Waals surface area contributed by atoms with Crippen molar-refractivity contribution in [3.8, 4) is 0 Å². The third-order valence-corrected chi connectivity index (χ3v) is 9.73. The minimum absolute atomic E-state index is 0.0793. The summed E-state index contributed by atoms with van der Waals surface area (Å²) < 4.78 is 0. The van der Waals surface area contributed by atoms with Gasteiger partial charge < -0.3 is 5.11 Å². The van der Waals surface area contributed by atoms with E-state index in [1.807, 2.05) is 0 Å². The first-order chi connectivity index (χ1) is 13.3. The van der Waals surface area contributed by atoms with E-state index in [1.54, 1.807) is 5.57 Å². The van der Waals surface area contributed by atoms with E-state index in [1.165, 1.54) is 57.8 Å². The smallest absolute Gasteiger partial charge is 0.0577 e. The van der Waals surface area contributed by atoms with Crippen molar-refractivity contribution < 1.29 is 5.11 Å². The third kappa shape index (κ3) is 3.55. The number of rotatable bonds is 5. The van der Waals surface area contributed by atoms with E-state index in [-0.39, 0.29) is 6.10 Å². The molecule has 0 spiro atoms. The Hall–Kier alpha value is -0.560. The molecular weight excluding hydrogens is 340 g/mol. The Morgan fingerprint density at radius 3 is 2.68 bits per heavy atom. The van der Waals surface area contributed by atoms with E-state index in [9.17, 15) is 5.11 Å². The Morgan fingerprint density at radius 1 is 1.07 bits per heavy atom. The average Bonchev–Trinajstić information content (AvgIpc) is 2.98. The van der Waals surface area contributed by atoms with Crippen LogP contribution in [0.5, 0.6) is 0 Å². The van der Waals surface area contributed by atoms with Crippen LogP contribution in [0.4, 0.5) is 0 Å². The monoisotopic (exact) mass is 384 g/mol. The number of fused-ring (bicyclic) bond motifs is 5. The lowest BCUT2D eigenvalue weighted by molar-refractivity contribution is -0.0505. The second-order valence-corrected chi connectivity index (χ2v) is 11.7. The molecule has 28 heavy (non-hydrogen) atoms. The summed E-state index contributed by atoms with van der Waals surface area (Å²) in [4.78, 5) is 0. The van der Waals surface area contributed by atoms with Crippen molar-refractivity contribution in [1.29, 1.82) is 0 Å². The van der Waals surface area contributed by atoms with Gasteiger partial charge in [-0.25, -0.2) is 0 Å². The van der Waals surface area contributed by atoms with Gasteiger partial charge in [0.05, 0.1) is 6.10 Å².